The second kappa shape index (κ2) is 7.57. The third kappa shape index (κ3) is 4.44. The van der Waals surface area contributed by atoms with Gasteiger partial charge in [0.2, 0.25) is 0 Å². The lowest BCUT2D eigenvalue weighted by atomic mass is 10.1. The molecule has 0 heterocycles. The number of thiocarbonyl (C=S) groups is 1. The quantitative estimate of drug-likeness (QED) is 0.631. The van der Waals surface area contributed by atoms with Crippen LogP contribution in [0, 0.1) is 0 Å². The molecule has 2 aromatic rings. The molecule has 0 bridgehead atoms. The van der Waals surface area contributed by atoms with Crippen LogP contribution in [0.2, 0.25) is 0 Å². The van der Waals surface area contributed by atoms with Crippen LogP contribution in [0.25, 0.3) is 10.8 Å². The monoisotopic (exact) mass is 352 g/mol. The molecule has 0 saturated carbocycles. The SMILES string of the molecule is COCCCNC(=S)Nc1ccc2cc(Br)ccc2c1. The molecule has 0 amide bonds. The first-order valence-electron chi connectivity index (χ1n) is 6.42. The van der Waals surface area contributed by atoms with Crippen molar-refractivity contribution in [2.75, 3.05) is 25.6 Å². The van der Waals surface area contributed by atoms with E-state index in [1.165, 1.54) is 10.8 Å². The summed E-state index contributed by atoms with van der Waals surface area (Å²) in [5, 5.41) is 9.36. The van der Waals surface area contributed by atoms with E-state index in [1.54, 1.807) is 7.11 Å². The van der Waals surface area contributed by atoms with Crippen LogP contribution in [0.3, 0.4) is 0 Å². The number of ether oxygens (including phenoxy) is 1. The zero-order valence-corrected chi connectivity index (χ0v) is 13.7. The molecular formula is C15H17BrN2OS. The highest BCUT2D eigenvalue weighted by Gasteiger charge is 2.00. The molecule has 106 valence electrons. The normalized spacial score (nSPS) is 10.5. The van der Waals surface area contributed by atoms with Crippen LogP contribution in [0.1, 0.15) is 6.42 Å². The minimum absolute atomic E-state index is 0.637. The summed E-state index contributed by atoms with van der Waals surface area (Å²) >= 11 is 8.73. The van der Waals surface area contributed by atoms with Crippen LogP contribution in [-0.4, -0.2) is 25.4 Å². The Morgan fingerprint density at radius 3 is 2.75 bits per heavy atom. The number of hydrogen-bond acceptors (Lipinski definition) is 2. The summed E-state index contributed by atoms with van der Waals surface area (Å²) in [6, 6.07) is 12.4. The molecule has 0 aliphatic rings. The first-order valence-corrected chi connectivity index (χ1v) is 7.62. The summed E-state index contributed by atoms with van der Waals surface area (Å²) in [5.74, 6) is 0. The van der Waals surface area contributed by atoms with E-state index in [1.807, 2.05) is 12.1 Å². The van der Waals surface area contributed by atoms with E-state index in [0.717, 1.165) is 29.7 Å². The lowest BCUT2D eigenvalue weighted by molar-refractivity contribution is 0.196. The molecule has 20 heavy (non-hydrogen) atoms. The maximum atomic E-state index is 5.26. The van der Waals surface area contributed by atoms with Gasteiger partial charge >= 0.3 is 0 Å². The van der Waals surface area contributed by atoms with Gasteiger partial charge in [0.15, 0.2) is 5.11 Å². The zero-order valence-electron chi connectivity index (χ0n) is 11.3. The number of methoxy groups -OCH3 is 1. The lowest BCUT2D eigenvalue weighted by Gasteiger charge is -2.11. The number of benzene rings is 2. The molecule has 5 heteroatoms. The molecule has 0 aliphatic heterocycles. The van der Waals surface area contributed by atoms with E-state index in [-0.39, 0.29) is 0 Å². The molecule has 0 aliphatic carbocycles. The minimum Gasteiger partial charge on any atom is -0.385 e. The number of nitrogens with one attached hydrogen (secondary N) is 2. The Morgan fingerprint density at radius 1 is 1.20 bits per heavy atom. The van der Waals surface area contributed by atoms with Crippen molar-refractivity contribution in [1.82, 2.24) is 5.32 Å². The Balaban J connectivity index is 1.96. The lowest BCUT2D eigenvalue weighted by Crippen LogP contribution is -2.29. The summed E-state index contributed by atoms with van der Waals surface area (Å²) in [5.41, 5.74) is 0.990. The van der Waals surface area contributed by atoms with E-state index in [4.69, 9.17) is 17.0 Å². The van der Waals surface area contributed by atoms with Gasteiger partial charge in [-0.15, -0.1) is 0 Å². The fraction of sp³-hybridized carbons (Fsp3) is 0.267. The second-order valence-corrected chi connectivity index (χ2v) is 5.76. The molecule has 2 aromatic carbocycles. The fourth-order valence-corrected chi connectivity index (χ4v) is 2.49. The molecule has 0 fully saturated rings. The van der Waals surface area contributed by atoms with Crippen molar-refractivity contribution in [2.45, 2.75) is 6.42 Å². The van der Waals surface area contributed by atoms with E-state index >= 15 is 0 Å². The predicted molar refractivity (Wildman–Crippen MR) is 92.4 cm³/mol. The Bertz CT molecular complexity index is 603. The molecule has 0 saturated heterocycles. The average molecular weight is 353 g/mol. The van der Waals surface area contributed by atoms with Crippen molar-refractivity contribution in [3.8, 4) is 0 Å². The largest absolute Gasteiger partial charge is 0.385 e. The van der Waals surface area contributed by atoms with Gasteiger partial charge in [0.05, 0.1) is 0 Å². The Morgan fingerprint density at radius 2 is 1.95 bits per heavy atom. The molecule has 0 unspecified atom stereocenters. The summed E-state index contributed by atoms with van der Waals surface area (Å²) < 4.78 is 6.08. The highest BCUT2D eigenvalue weighted by molar-refractivity contribution is 9.10. The van der Waals surface area contributed by atoms with Crippen LogP contribution >= 0.6 is 28.1 Å². The summed E-state index contributed by atoms with van der Waals surface area (Å²) in [6.45, 7) is 1.54. The molecule has 2 rings (SSSR count). The predicted octanol–water partition coefficient (Wildman–Crippen LogP) is 3.93. The molecule has 0 radical (unpaired) electrons. The van der Waals surface area contributed by atoms with E-state index in [0.29, 0.717) is 5.11 Å². The fourth-order valence-electron chi connectivity index (χ4n) is 1.89. The zero-order chi connectivity index (χ0) is 14.4. The molecule has 0 spiro atoms. The Kier molecular flexibility index (Phi) is 5.76. The number of halogens is 1. The van der Waals surface area contributed by atoms with Gasteiger partial charge in [-0.3, -0.25) is 0 Å². The van der Waals surface area contributed by atoms with Crippen molar-refractivity contribution in [2.24, 2.45) is 0 Å². The van der Waals surface area contributed by atoms with Crippen molar-refractivity contribution >= 4 is 49.7 Å². The maximum Gasteiger partial charge on any atom is 0.170 e. The van der Waals surface area contributed by atoms with Gasteiger partial charge in [-0.25, -0.2) is 0 Å². The Hall–Kier alpha value is -1.17. The van der Waals surface area contributed by atoms with Gasteiger partial charge < -0.3 is 15.4 Å². The summed E-state index contributed by atoms with van der Waals surface area (Å²) in [6.07, 6.45) is 0.935. The van der Waals surface area contributed by atoms with Gasteiger partial charge in [0.1, 0.15) is 0 Å². The number of hydrogen-bond donors (Lipinski definition) is 2. The summed E-state index contributed by atoms with van der Waals surface area (Å²) in [4.78, 5) is 0. The van der Waals surface area contributed by atoms with Crippen LogP contribution < -0.4 is 10.6 Å². The van der Waals surface area contributed by atoms with Crippen molar-refractivity contribution in [1.29, 1.82) is 0 Å². The van der Waals surface area contributed by atoms with Crippen LogP contribution in [0.4, 0.5) is 5.69 Å². The molecule has 0 atom stereocenters. The number of fused-ring (bicyclic) bond motifs is 1. The first kappa shape index (κ1) is 15.2. The van der Waals surface area contributed by atoms with E-state index in [2.05, 4.69) is 50.8 Å². The summed E-state index contributed by atoms with van der Waals surface area (Å²) in [7, 11) is 1.70. The molecular weight excluding hydrogens is 336 g/mol. The third-order valence-corrected chi connectivity index (χ3v) is 3.61. The highest BCUT2D eigenvalue weighted by atomic mass is 79.9. The average Bonchev–Trinajstić information content (AvgIpc) is 2.44. The highest BCUT2D eigenvalue weighted by Crippen LogP contribution is 2.22. The van der Waals surface area contributed by atoms with Gasteiger partial charge in [0.25, 0.3) is 0 Å². The van der Waals surface area contributed by atoms with Crippen LogP contribution in [0.5, 0.6) is 0 Å². The van der Waals surface area contributed by atoms with Crippen LogP contribution in [-0.2, 0) is 4.74 Å². The third-order valence-electron chi connectivity index (χ3n) is 2.87. The van der Waals surface area contributed by atoms with Gasteiger partial charge in [-0.05, 0) is 53.7 Å². The van der Waals surface area contributed by atoms with Crippen molar-refractivity contribution in [3.05, 3.63) is 40.9 Å². The second-order valence-electron chi connectivity index (χ2n) is 4.43. The molecule has 2 N–H and O–H groups in total. The van der Waals surface area contributed by atoms with Crippen molar-refractivity contribution in [3.63, 3.8) is 0 Å². The number of rotatable bonds is 5. The van der Waals surface area contributed by atoms with Crippen molar-refractivity contribution < 1.29 is 4.74 Å². The van der Waals surface area contributed by atoms with Gasteiger partial charge in [-0.2, -0.15) is 0 Å². The Labute approximate surface area is 132 Å². The first-order chi connectivity index (χ1) is 9.69. The van der Waals surface area contributed by atoms with Gasteiger partial charge in [0, 0.05) is 30.4 Å². The van der Waals surface area contributed by atoms with E-state index < -0.39 is 0 Å². The molecule has 0 aromatic heterocycles. The number of anilines is 1. The standard InChI is InChI=1S/C15H17BrN2OS/c1-19-8-2-7-17-15(20)18-14-6-4-11-9-13(16)5-3-12(11)10-14/h3-6,9-10H,2,7-8H2,1H3,(H2,17,18,20). The van der Waals surface area contributed by atoms with E-state index in [9.17, 15) is 0 Å². The minimum atomic E-state index is 0.637. The topological polar surface area (TPSA) is 33.3 Å². The maximum absolute atomic E-state index is 5.26. The molecule has 3 nitrogen and oxygen atoms in total. The smallest absolute Gasteiger partial charge is 0.170 e. The van der Waals surface area contributed by atoms with Gasteiger partial charge in [-0.1, -0.05) is 28.1 Å². The van der Waals surface area contributed by atoms with Crippen LogP contribution in [0.15, 0.2) is 40.9 Å².